The molecular weight excluding hydrogens is 698 g/mol. The fourth-order valence-corrected chi connectivity index (χ4v) is 8.99. The van der Waals surface area contributed by atoms with Gasteiger partial charge in [0.25, 0.3) is 0 Å². The average molecular weight is 759 g/mol. The van der Waals surface area contributed by atoms with Crippen molar-refractivity contribution in [3.8, 4) is 0 Å². The summed E-state index contributed by atoms with van der Waals surface area (Å²) in [4.78, 5) is 1.68. The summed E-state index contributed by atoms with van der Waals surface area (Å²) in [6.07, 6.45) is -2.43. The van der Waals surface area contributed by atoms with Crippen LogP contribution in [0, 0.1) is 0 Å². The zero-order chi connectivity index (χ0) is 39.6. The van der Waals surface area contributed by atoms with Gasteiger partial charge in [-0.1, -0.05) is 243 Å². The van der Waals surface area contributed by atoms with E-state index in [-0.39, 0.29) is 6.15 Å². The summed E-state index contributed by atoms with van der Waals surface area (Å²) >= 11 is 0. The summed E-state index contributed by atoms with van der Waals surface area (Å²) in [7, 11) is 0. The summed E-state index contributed by atoms with van der Waals surface area (Å²) in [6, 6.07) is 87.1. The molecule has 0 aromatic heterocycles. The van der Waals surface area contributed by atoms with Crippen LogP contribution in [-0.2, 0) is 0 Å². The van der Waals surface area contributed by atoms with Crippen LogP contribution in [0.5, 0.6) is 0 Å². The van der Waals surface area contributed by atoms with Gasteiger partial charge in [-0.15, -0.1) is 0 Å². The molecule has 58 heavy (non-hydrogen) atoms. The highest BCUT2D eigenvalue weighted by Gasteiger charge is 2.32. The van der Waals surface area contributed by atoms with Gasteiger partial charge in [-0.2, -0.15) is 43.7 Å². The second-order valence-corrected chi connectivity index (χ2v) is 14.8. The third-order valence-electron chi connectivity index (χ3n) is 11.9. The second-order valence-electron chi connectivity index (χ2n) is 14.8. The first kappa shape index (κ1) is 42.9. The summed E-state index contributed by atoms with van der Waals surface area (Å²) in [5.74, 6) is 0. The van der Waals surface area contributed by atoms with E-state index in [9.17, 15) is 0 Å². The lowest BCUT2D eigenvalue weighted by atomic mass is 9.13. The Hall–Kier alpha value is -6.19. The van der Waals surface area contributed by atoms with Gasteiger partial charge in [-0.3, -0.25) is 0 Å². The van der Waals surface area contributed by atoms with Crippen LogP contribution in [-0.4, -0.2) is 31.9 Å². The van der Waals surface area contributed by atoms with E-state index in [4.69, 9.17) is 0 Å². The van der Waals surface area contributed by atoms with Crippen molar-refractivity contribution >= 4 is 56.0 Å². The van der Waals surface area contributed by atoms with Crippen molar-refractivity contribution in [2.45, 2.75) is 20.8 Å². The zero-order valence-corrected chi connectivity index (χ0v) is 34.9. The first-order valence-electron chi connectivity index (χ1n) is 20.8. The number of hydrogen-bond acceptors (Lipinski definition) is 0. The van der Waals surface area contributed by atoms with E-state index in [1.165, 1.54) is 63.3 Å². The van der Waals surface area contributed by atoms with Crippen LogP contribution in [0.3, 0.4) is 0 Å². The van der Waals surface area contributed by atoms with Crippen molar-refractivity contribution in [2.75, 3.05) is 19.6 Å². The SMILES string of the molecule is CC[NH+](CC)CC.[NH4+].c1ccc([B-](c2ccccc2)(c2ccccc2)c2ccccc2)cc1.c1ccc([B-](c2ccccc2)(c2ccccc2)c2ccccc2)cc1. The molecule has 0 heterocycles. The molecule has 8 rings (SSSR count). The minimum atomic E-state index is -1.22. The molecule has 0 bridgehead atoms. The molecule has 0 aliphatic heterocycles. The maximum Gasteiger partial charge on any atom is 0.108 e. The standard InChI is InChI=1S/2C24H20B.C6H15N.H3N/c2*1-5-13-21(14-6-1)25(22-15-7-2-8-16-22,23-17-9-3-10-18-23)24-19-11-4-12-20-24;1-4-7(5-2)6-3;/h2*1-20H;4-6H2,1-3H3;1H3/q2*-1;;/p+2. The summed E-state index contributed by atoms with van der Waals surface area (Å²) in [5.41, 5.74) is 10.7. The molecule has 4 heteroatoms. The topological polar surface area (TPSA) is 40.9 Å². The van der Waals surface area contributed by atoms with Gasteiger partial charge in [0.15, 0.2) is 0 Å². The highest BCUT2D eigenvalue weighted by atomic mass is 15.1. The molecule has 0 aliphatic carbocycles. The molecule has 0 saturated carbocycles. The van der Waals surface area contributed by atoms with Crippen LogP contribution in [0.4, 0.5) is 0 Å². The first-order chi connectivity index (χ1) is 28.2. The lowest BCUT2D eigenvalue weighted by Gasteiger charge is -2.44. The van der Waals surface area contributed by atoms with E-state index in [0.717, 1.165) is 0 Å². The largest absolute Gasteiger partial charge is 0.369 e. The fraction of sp³-hybridized carbons (Fsp3) is 0.111. The lowest BCUT2D eigenvalue weighted by Crippen LogP contribution is -3.11. The molecule has 0 atom stereocenters. The molecule has 0 radical (unpaired) electrons. The number of hydrogen-bond donors (Lipinski definition) is 2. The second kappa shape index (κ2) is 21.9. The van der Waals surface area contributed by atoms with Gasteiger partial charge >= 0.3 is 0 Å². The zero-order valence-electron chi connectivity index (χ0n) is 34.9. The predicted octanol–water partition coefficient (Wildman–Crippen LogP) is 6.44. The Labute approximate surface area is 348 Å². The van der Waals surface area contributed by atoms with Crippen molar-refractivity contribution in [1.82, 2.24) is 6.15 Å². The van der Waals surface area contributed by atoms with Crippen molar-refractivity contribution in [3.63, 3.8) is 0 Å². The van der Waals surface area contributed by atoms with Crippen LogP contribution < -0.4 is 54.8 Å². The molecule has 2 nitrogen and oxygen atoms in total. The van der Waals surface area contributed by atoms with Crippen LogP contribution in [0.15, 0.2) is 243 Å². The Morgan fingerprint density at radius 2 is 0.362 bits per heavy atom. The number of nitrogens with one attached hydrogen (secondary N) is 1. The third kappa shape index (κ3) is 9.49. The molecule has 0 saturated heterocycles. The van der Waals surface area contributed by atoms with E-state index in [2.05, 4.69) is 263 Å². The van der Waals surface area contributed by atoms with Gasteiger partial charge in [-0.05, 0) is 20.8 Å². The average Bonchev–Trinajstić information content (AvgIpc) is 3.31. The number of benzene rings is 8. The Morgan fingerprint density at radius 3 is 0.448 bits per heavy atom. The monoisotopic (exact) mass is 758 g/mol. The molecule has 0 aliphatic rings. The predicted molar refractivity (Wildman–Crippen MR) is 259 cm³/mol. The molecule has 292 valence electrons. The Kier molecular flexibility index (Phi) is 16.2. The normalized spacial score (nSPS) is 10.9. The van der Waals surface area contributed by atoms with Crippen LogP contribution in [0.25, 0.3) is 0 Å². The van der Waals surface area contributed by atoms with Gasteiger partial charge in [0, 0.05) is 0 Å². The minimum absolute atomic E-state index is 0. The fourth-order valence-electron chi connectivity index (χ4n) is 8.99. The van der Waals surface area contributed by atoms with Crippen LogP contribution in [0.1, 0.15) is 20.8 Å². The molecule has 8 aromatic rings. The van der Waals surface area contributed by atoms with E-state index < -0.39 is 12.3 Å². The summed E-state index contributed by atoms with van der Waals surface area (Å²) in [5, 5.41) is 0. The van der Waals surface area contributed by atoms with E-state index in [1.807, 2.05) is 0 Å². The maximum atomic E-state index is 2.26. The van der Waals surface area contributed by atoms with E-state index >= 15 is 0 Å². The van der Waals surface area contributed by atoms with Crippen LogP contribution in [0.2, 0.25) is 0 Å². The molecule has 0 unspecified atom stereocenters. The Bertz CT molecular complexity index is 1780. The van der Waals surface area contributed by atoms with Gasteiger partial charge in [0.1, 0.15) is 12.3 Å². The molecule has 0 amide bonds. The van der Waals surface area contributed by atoms with E-state index in [0.29, 0.717) is 0 Å². The molecular formula is C54H60B2N2. The molecule has 5 N–H and O–H groups in total. The summed E-state index contributed by atoms with van der Waals surface area (Å²) in [6.45, 7) is 10.5. The Morgan fingerprint density at radius 1 is 0.241 bits per heavy atom. The van der Waals surface area contributed by atoms with Gasteiger partial charge in [0.2, 0.25) is 0 Å². The minimum Gasteiger partial charge on any atom is -0.369 e. The van der Waals surface area contributed by atoms with E-state index in [1.54, 1.807) is 4.90 Å². The van der Waals surface area contributed by atoms with Crippen molar-refractivity contribution in [2.24, 2.45) is 0 Å². The first-order valence-corrected chi connectivity index (χ1v) is 20.8. The van der Waals surface area contributed by atoms with Gasteiger partial charge < -0.3 is 11.1 Å². The molecule has 8 aromatic carbocycles. The highest BCUT2D eigenvalue weighted by molar-refractivity contribution is 7.20. The van der Waals surface area contributed by atoms with Gasteiger partial charge in [-0.25, -0.2) is 0 Å². The van der Waals surface area contributed by atoms with Crippen LogP contribution >= 0.6 is 0 Å². The van der Waals surface area contributed by atoms with Crippen molar-refractivity contribution in [3.05, 3.63) is 243 Å². The Balaban J connectivity index is 0.000000188. The van der Waals surface area contributed by atoms with Crippen molar-refractivity contribution < 1.29 is 4.90 Å². The quantitative estimate of drug-likeness (QED) is 0.143. The molecule has 0 fully saturated rings. The number of quaternary nitrogens is 2. The number of rotatable bonds is 11. The lowest BCUT2D eigenvalue weighted by molar-refractivity contribution is -0.894. The summed E-state index contributed by atoms with van der Waals surface area (Å²) < 4.78 is 0. The maximum absolute atomic E-state index is 2.26. The third-order valence-corrected chi connectivity index (χ3v) is 11.9. The molecule has 0 spiro atoms. The van der Waals surface area contributed by atoms with Gasteiger partial charge in [0.05, 0.1) is 19.6 Å². The smallest absolute Gasteiger partial charge is 0.108 e. The van der Waals surface area contributed by atoms with Crippen molar-refractivity contribution in [1.29, 1.82) is 0 Å². The highest BCUT2D eigenvalue weighted by Crippen LogP contribution is 2.11.